The van der Waals surface area contributed by atoms with E-state index >= 15 is 0 Å². The smallest absolute Gasteiger partial charge is 0.0786 e. The van der Waals surface area contributed by atoms with E-state index in [1.807, 2.05) is 0 Å². The van der Waals surface area contributed by atoms with Crippen molar-refractivity contribution in [3.8, 4) is 0 Å². The van der Waals surface area contributed by atoms with Crippen LogP contribution in [-0.4, -0.2) is 7.28 Å². The maximum absolute atomic E-state index is 2.24. The summed E-state index contributed by atoms with van der Waals surface area (Å²) in [6.45, 7) is 2.13. The SMILES string of the molecule is Cc1cccc(Bc2ccccc2)c1. The molecule has 2 rings (SSSR count). The molecule has 0 aromatic heterocycles. The van der Waals surface area contributed by atoms with Gasteiger partial charge in [0.1, 0.15) is 0 Å². The normalized spacial score (nSPS) is 9.79. The van der Waals surface area contributed by atoms with Crippen LogP contribution in [0.25, 0.3) is 0 Å². The van der Waals surface area contributed by atoms with E-state index in [2.05, 4.69) is 61.5 Å². The van der Waals surface area contributed by atoms with E-state index < -0.39 is 0 Å². The Balaban J connectivity index is 2.19. The molecule has 0 bridgehead atoms. The molecule has 14 heavy (non-hydrogen) atoms. The number of aryl methyl sites for hydroxylation is 1. The number of rotatable bonds is 2. The standard InChI is InChI=1S/C13H13B/c1-11-6-5-9-13(10-11)14-12-7-3-2-4-8-12/h2-10,14H,1H3. The van der Waals surface area contributed by atoms with E-state index in [1.165, 1.54) is 16.5 Å². The molecule has 0 atom stereocenters. The van der Waals surface area contributed by atoms with Gasteiger partial charge in [-0.05, 0) is 6.92 Å². The maximum atomic E-state index is 2.24. The third-order valence-electron chi connectivity index (χ3n) is 2.33. The van der Waals surface area contributed by atoms with E-state index in [4.69, 9.17) is 0 Å². The summed E-state index contributed by atoms with van der Waals surface area (Å²) in [5, 5.41) is 0. The summed E-state index contributed by atoms with van der Waals surface area (Å²) in [5.41, 5.74) is 4.09. The van der Waals surface area contributed by atoms with Crippen LogP contribution in [0, 0.1) is 6.92 Å². The number of hydrogen-bond acceptors (Lipinski definition) is 0. The second-order valence-electron chi connectivity index (χ2n) is 3.65. The molecule has 0 heterocycles. The van der Waals surface area contributed by atoms with Gasteiger partial charge in [-0.3, -0.25) is 0 Å². The topological polar surface area (TPSA) is 0 Å². The molecule has 0 amide bonds. The summed E-state index contributed by atoms with van der Waals surface area (Å²) in [6, 6.07) is 19.2. The highest BCUT2D eigenvalue weighted by Gasteiger charge is 1.97. The summed E-state index contributed by atoms with van der Waals surface area (Å²) in [5.74, 6) is 0. The van der Waals surface area contributed by atoms with Crippen molar-refractivity contribution < 1.29 is 0 Å². The Morgan fingerprint density at radius 2 is 1.50 bits per heavy atom. The molecule has 0 nitrogen and oxygen atoms in total. The lowest BCUT2D eigenvalue weighted by atomic mass is 9.64. The average molecular weight is 180 g/mol. The van der Waals surface area contributed by atoms with Crippen LogP contribution in [-0.2, 0) is 0 Å². The maximum Gasteiger partial charge on any atom is 0.192 e. The second kappa shape index (κ2) is 4.14. The van der Waals surface area contributed by atoms with Crippen LogP contribution in [0.1, 0.15) is 5.56 Å². The quantitative estimate of drug-likeness (QED) is 0.612. The Morgan fingerprint density at radius 3 is 2.21 bits per heavy atom. The Morgan fingerprint density at radius 1 is 0.786 bits per heavy atom. The first-order valence-electron chi connectivity index (χ1n) is 4.94. The largest absolute Gasteiger partial charge is 0.192 e. The average Bonchev–Trinajstić information content (AvgIpc) is 2.19. The first-order chi connectivity index (χ1) is 6.84. The fourth-order valence-corrected chi connectivity index (χ4v) is 1.65. The molecule has 0 fully saturated rings. The molecule has 0 aliphatic carbocycles. The molecular formula is C13H13B. The first kappa shape index (κ1) is 9.08. The van der Waals surface area contributed by atoms with Crippen molar-refractivity contribution in [2.45, 2.75) is 6.92 Å². The molecular weight excluding hydrogens is 167 g/mol. The first-order valence-corrected chi connectivity index (χ1v) is 4.94. The highest BCUT2D eigenvalue weighted by molar-refractivity contribution is 6.67. The lowest BCUT2D eigenvalue weighted by molar-refractivity contribution is 1.49. The molecule has 0 saturated heterocycles. The van der Waals surface area contributed by atoms with Crippen LogP contribution in [0.3, 0.4) is 0 Å². The number of hydrogen-bond donors (Lipinski definition) is 0. The summed E-state index contributed by atoms with van der Waals surface area (Å²) < 4.78 is 0. The Hall–Kier alpha value is -1.50. The van der Waals surface area contributed by atoms with E-state index in [0.717, 1.165) is 7.28 Å². The molecule has 1 heteroatoms. The van der Waals surface area contributed by atoms with Gasteiger partial charge in [0.25, 0.3) is 0 Å². The van der Waals surface area contributed by atoms with Crippen LogP contribution >= 0.6 is 0 Å². The highest BCUT2D eigenvalue weighted by Crippen LogP contribution is 1.92. The summed E-state index contributed by atoms with van der Waals surface area (Å²) in [4.78, 5) is 0. The predicted molar refractivity (Wildman–Crippen MR) is 64.0 cm³/mol. The van der Waals surface area contributed by atoms with E-state index in [-0.39, 0.29) is 0 Å². The van der Waals surface area contributed by atoms with Crippen molar-refractivity contribution in [3.05, 3.63) is 60.2 Å². The van der Waals surface area contributed by atoms with Gasteiger partial charge in [0.05, 0.1) is 0 Å². The van der Waals surface area contributed by atoms with Gasteiger partial charge in [0.15, 0.2) is 7.28 Å². The zero-order valence-electron chi connectivity index (χ0n) is 8.40. The third-order valence-corrected chi connectivity index (χ3v) is 2.33. The van der Waals surface area contributed by atoms with Crippen LogP contribution in [0.5, 0.6) is 0 Å². The van der Waals surface area contributed by atoms with Crippen molar-refractivity contribution in [1.82, 2.24) is 0 Å². The van der Waals surface area contributed by atoms with Crippen molar-refractivity contribution in [3.63, 3.8) is 0 Å². The Bertz CT molecular complexity index is 407. The van der Waals surface area contributed by atoms with Gasteiger partial charge in [0, 0.05) is 0 Å². The van der Waals surface area contributed by atoms with E-state index in [9.17, 15) is 0 Å². The van der Waals surface area contributed by atoms with Gasteiger partial charge >= 0.3 is 0 Å². The number of benzene rings is 2. The minimum absolute atomic E-state index is 1.03. The predicted octanol–water partition coefficient (Wildman–Crippen LogP) is 1.38. The molecule has 68 valence electrons. The zero-order chi connectivity index (χ0) is 9.80. The molecule has 2 aromatic rings. The summed E-state index contributed by atoms with van der Waals surface area (Å²) in [6.07, 6.45) is 0. The highest BCUT2D eigenvalue weighted by atomic mass is 13.9. The van der Waals surface area contributed by atoms with Crippen molar-refractivity contribution in [1.29, 1.82) is 0 Å². The summed E-state index contributed by atoms with van der Waals surface area (Å²) in [7, 11) is 1.03. The molecule has 0 unspecified atom stereocenters. The van der Waals surface area contributed by atoms with Gasteiger partial charge < -0.3 is 0 Å². The van der Waals surface area contributed by atoms with Gasteiger partial charge in [-0.25, -0.2) is 0 Å². The molecule has 0 N–H and O–H groups in total. The van der Waals surface area contributed by atoms with Gasteiger partial charge in [-0.1, -0.05) is 71.1 Å². The second-order valence-corrected chi connectivity index (χ2v) is 3.65. The molecule has 0 aliphatic rings. The van der Waals surface area contributed by atoms with Gasteiger partial charge in [0.2, 0.25) is 0 Å². The lowest BCUT2D eigenvalue weighted by Gasteiger charge is -2.00. The monoisotopic (exact) mass is 180 g/mol. The minimum Gasteiger partial charge on any atom is -0.0786 e. The third kappa shape index (κ3) is 2.26. The van der Waals surface area contributed by atoms with Crippen LogP contribution in [0.2, 0.25) is 0 Å². The fourth-order valence-electron chi connectivity index (χ4n) is 1.65. The van der Waals surface area contributed by atoms with E-state index in [1.54, 1.807) is 0 Å². The van der Waals surface area contributed by atoms with Crippen LogP contribution < -0.4 is 10.9 Å². The zero-order valence-corrected chi connectivity index (χ0v) is 8.40. The molecule has 0 radical (unpaired) electrons. The summed E-state index contributed by atoms with van der Waals surface area (Å²) >= 11 is 0. The van der Waals surface area contributed by atoms with Crippen LogP contribution in [0.4, 0.5) is 0 Å². The van der Waals surface area contributed by atoms with Crippen molar-refractivity contribution in [2.75, 3.05) is 0 Å². The fraction of sp³-hybridized carbons (Fsp3) is 0.0769. The van der Waals surface area contributed by atoms with E-state index in [0.29, 0.717) is 0 Å². The molecule has 2 aromatic carbocycles. The lowest BCUT2D eigenvalue weighted by Crippen LogP contribution is -2.26. The van der Waals surface area contributed by atoms with Crippen molar-refractivity contribution in [2.24, 2.45) is 0 Å². The Labute approximate surface area is 85.8 Å². The van der Waals surface area contributed by atoms with Crippen molar-refractivity contribution >= 4 is 18.2 Å². The minimum atomic E-state index is 1.03. The molecule has 0 spiro atoms. The van der Waals surface area contributed by atoms with Gasteiger partial charge in [-0.2, -0.15) is 0 Å². The molecule has 0 saturated carbocycles. The van der Waals surface area contributed by atoms with Crippen LogP contribution in [0.15, 0.2) is 54.6 Å². The van der Waals surface area contributed by atoms with Gasteiger partial charge in [-0.15, -0.1) is 0 Å². The Kier molecular flexibility index (Phi) is 2.69. The molecule has 0 aliphatic heterocycles.